The third kappa shape index (κ3) is 2.58. The molecule has 1 aromatic rings. The zero-order valence-corrected chi connectivity index (χ0v) is 9.19. The lowest BCUT2D eigenvalue weighted by Gasteiger charge is -2.21. The zero-order chi connectivity index (χ0) is 11.4. The van der Waals surface area contributed by atoms with Crippen LogP contribution in [0.2, 0.25) is 0 Å². The monoisotopic (exact) mass is 220 g/mol. The summed E-state index contributed by atoms with van der Waals surface area (Å²) in [6.07, 6.45) is 6.78. The highest BCUT2D eigenvalue weighted by atomic mass is 16.5. The number of carbonyl (C=O) groups is 1. The molecule has 1 aliphatic rings. The van der Waals surface area contributed by atoms with E-state index in [0.29, 0.717) is 17.7 Å². The van der Waals surface area contributed by atoms with Gasteiger partial charge in [-0.15, -0.1) is 0 Å². The molecule has 1 aliphatic heterocycles. The number of aromatic nitrogens is 1. The Morgan fingerprint density at radius 3 is 3.12 bits per heavy atom. The molecule has 4 nitrogen and oxygen atoms in total. The molecule has 1 atom stereocenters. The van der Waals surface area contributed by atoms with E-state index in [1.807, 2.05) is 0 Å². The number of rotatable bonds is 3. The Morgan fingerprint density at radius 1 is 1.56 bits per heavy atom. The van der Waals surface area contributed by atoms with Crippen molar-refractivity contribution in [2.45, 2.75) is 31.8 Å². The first kappa shape index (κ1) is 11.1. The van der Waals surface area contributed by atoms with Gasteiger partial charge >= 0.3 is 0 Å². The molecule has 4 heteroatoms. The molecule has 0 bridgehead atoms. The van der Waals surface area contributed by atoms with Crippen LogP contribution in [0.4, 0.5) is 5.69 Å². The van der Waals surface area contributed by atoms with Gasteiger partial charge in [0.15, 0.2) is 5.78 Å². The number of nitrogen functional groups attached to an aromatic ring is 1. The van der Waals surface area contributed by atoms with Crippen molar-refractivity contribution in [2.24, 2.45) is 0 Å². The third-order valence-electron chi connectivity index (χ3n) is 2.84. The van der Waals surface area contributed by atoms with Gasteiger partial charge in [0.25, 0.3) is 0 Å². The van der Waals surface area contributed by atoms with Crippen molar-refractivity contribution in [1.82, 2.24) is 4.98 Å². The van der Waals surface area contributed by atoms with Crippen LogP contribution in [0, 0.1) is 0 Å². The molecule has 0 radical (unpaired) electrons. The van der Waals surface area contributed by atoms with Gasteiger partial charge in [0.2, 0.25) is 0 Å². The van der Waals surface area contributed by atoms with Gasteiger partial charge in [0.1, 0.15) is 0 Å². The van der Waals surface area contributed by atoms with Crippen LogP contribution in [0.5, 0.6) is 0 Å². The van der Waals surface area contributed by atoms with E-state index in [1.54, 1.807) is 12.3 Å². The molecule has 2 N–H and O–H groups in total. The van der Waals surface area contributed by atoms with Gasteiger partial charge in [-0.05, 0) is 25.3 Å². The smallest absolute Gasteiger partial charge is 0.169 e. The molecule has 1 aromatic heterocycles. The van der Waals surface area contributed by atoms with Crippen LogP contribution < -0.4 is 5.73 Å². The fourth-order valence-corrected chi connectivity index (χ4v) is 1.92. The van der Waals surface area contributed by atoms with Gasteiger partial charge < -0.3 is 10.5 Å². The molecule has 0 aliphatic carbocycles. The van der Waals surface area contributed by atoms with Crippen molar-refractivity contribution in [2.75, 3.05) is 12.3 Å². The van der Waals surface area contributed by atoms with Crippen molar-refractivity contribution >= 4 is 11.5 Å². The van der Waals surface area contributed by atoms with E-state index in [1.165, 1.54) is 6.20 Å². The molecule has 2 rings (SSSR count). The largest absolute Gasteiger partial charge is 0.398 e. The number of ketones is 1. The molecular formula is C12H16N2O2. The fraction of sp³-hybridized carbons (Fsp3) is 0.500. The second-order valence-electron chi connectivity index (χ2n) is 4.08. The Kier molecular flexibility index (Phi) is 3.51. The minimum Gasteiger partial charge on any atom is -0.398 e. The summed E-state index contributed by atoms with van der Waals surface area (Å²) in [7, 11) is 0. The quantitative estimate of drug-likeness (QED) is 0.789. The number of hydrogen-bond donors (Lipinski definition) is 1. The SMILES string of the molecule is Nc1ccncc1C(=O)CC1CCCCO1. The van der Waals surface area contributed by atoms with Crippen LogP contribution in [0.1, 0.15) is 36.0 Å². The fourth-order valence-electron chi connectivity index (χ4n) is 1.92. The lowest BCUT2D eigenvalue weighted by molar-refractivity contribution is 0.0129. The molecule has 1 fully saturated rings. The maximum absolute atomic E-state index is 11.9. The number of carbonyl (C=O) groups excluding carboxylic acids is 1. The van der Waals surface area contributed by atoms with Crippen molar-refractivity contribution in [1.29, 1.82) is 0 Å². The normalized spacial score (nSPS) is 20.6. The number of anilines is 1. The summed E-state index contributed by atoms with van der Waals surface area (Å²) in [5.74, 6) is 0.0255. The molecule has 0 spiro atoms. The lowest BCUT2D eigenvalue weighted by atomic mass is 10.0. The summed E-state index contributed by atoms with van der Waals surface area (Å²) in [4.78, 5) is 15.9. The first-order chi connectivity index (χ1) is 7.77. The minimum atomic E-state index is 0.0255. The predicted molar refractivity (Wildman–Crippen MR) is 61.2 cm³/mol. The summed E-state index contributed by atoms with van der Waals surface area (Å²) in [5.41, 5.74) is 6.73. The van der Waals surface area contributed by atoms with E-state index in [2.05, 4.69) is 4.98 Å². The summed E-state index contributed by atoms with van der Waals surface area (Å²) in [5, 5.41) is 0. The van der Waals surface area contributed by atoms with Crippen LogP contribution in [-0.2, 0) is 4.74 Å². The van der Waals surface area contributed by atoms with Crippen LogP contribution >= 0.6 is 0 Å². The predicted octanol–water partition coefficient (Wildman–Crippen LogP) is 1.81. The number of hydrogen-bond acceptors (Lipinski definition) is 4. The molecule has 0 amide bonds. The molecule has 2 heterocycles. The standard InChI is InChI=1S/C12H16N2O2/c13-11-4-5-14-8-10(11)12(15)7-9-3-1-2-6-16-9/h4-5,8-9H,1-3,6-7H2,(H2,13,14). The van der Waals surface area contributed by atoms with E-state index >= 15 is 0 Å². The van der Waals surface area contributed by atoms with Gasteiger partial charge in [0, 0.05) is 31.1 Å². The molecular weight excluding hydrogens is 204 g/mol. The average molecular weight is 220 g/mol. The Morgan fingerprint density at radius 2 is 2.44 bits per heavy atom. The molecule has 16 heavy (non-hydrogen) atoms. The van der Waals surface area contributed by atoms with Gasteiger partial charge in [-0.3, -0.25) is 9.78 Å². The van der Waals surface area contributed by atoms with Crippen molar-refractivity contribution in [3.05, 3.63) is 24.0 Å². The van der Waals surface area contributed by atoms with E-state index < -0.39 is 0 Å². The van der Waals surface area contributed by atoms with Crippen molar-refractivity contribution in [3.8, 4) is 0 Å². The first-order valence-corrected chi connectivity index (χ1v) is 5.61. The average Bonchev–Trinajstić information content (AvgIpc) is 2.31. The Hall–Kier alpha value is -1.42. The molecule has 86 valence electrons. The van der Waals surface area contributed by atoms with Crippen LogP contribution in [-0.4, -0.2) is 23.5 Å². The zero-order valence-electron chi connectivity index (χ0n) is 9.19. The Labute approximate surface area is 94.8 Å². The summed E-state index contributed by atoms with van der Waals surface area (Å²) in [6.45, 7) is 0.764. The Balaban J connectivity index is 2.00. The van der Waals surface area contributed by atoms with Crippen LogP contribution in [0.3, 0.4) is 0 Å². The molecule has 0 saturated carbocycles. The third-order valence-corrected chi connectivity index (χ3v) is 2.84. The van der Waals surface area contributed by atoms with Crippen molar-refractivity contribution in [3.63, 3.8) is 0 Å². The van der Waals surface area contributed by atoms with Gasteiger partial charge in [-0.2, -0.15) is 0 Å². The topological polar surface area (TPSA) is 65.2 Å². The number of nitrogens with two attached hydrogens (primary N) is 1. The molecule has 0 aromatic carbocycles. The van der Waals surface area contributed by atoms with Crippen molar-refractivity contribution < 1.29 is 9.53 Å². The summed E-state index contributed by atoms with van der Waals surface area (Å²) < 4.78 is 5.53. The summed E-state index contributed by atoms with van der Waals surface area (Å²) >= 11 is 0. The first-order valence-electron chi connectivity index (χ1n) is 5.61. The second kappa shape index (κ2) is 5.07. The number of ether oxygens (including phenoxy) is 1. The minimum absolute atomic E-state index is 0.0255. The van der Waals surface area contributed by atoms with E-state index in [-0.39, 0.29) is 11.9 Å². The maximum atomic E-state index is 11.9. The molecule has 1 unspecified atom stereocenters. The van der Waals surface area contributed by atoms with Gasteiger partial charge in [-0.1, -0.05) is 0 Å². The highest BCUT2D eigenvalue weighted by Crippen LogP contribution is 2.19. The molecule has 1 saturated heterocycles. The highest BCUT2D eigenvalue weighted by molar-refractivity contribution is 6.00. The van der Waals surface area contributed by atoms with E-state index in [4.69, 9.17) is 10.5 Å². The Bertz CT molecular complexity index is 373. The van der Waals surface area contributed by atoms with E-state index in [0.717, 1.165) is 25.9 Å². The second-order valence-corrected chi connectivity index (χ2v) is 4.08. The lowest BCUT2D eigenvalue weighted by Crippen LogP contribution is -2.22. The number of pyridine rings is 1. The van der Waals surface area contributed by atoms with Crippen LogP contribution in [0.15, 0.2) is 18.5 Å². The van der Waals surface area contributed by atoms with E-state index in [9.17, 15) is 4.79 Å². The highest BCUT2D eigenvalue weighted by Gasteiger charge is 2.19. The van der Waals surface area contributed by atoms with Gasteiger partial charge in [-0.25, -0.2) is 0 Å². The maximum Gasteiger partial charge on any atom is 0.169 e. The number of Topliss-reactive ketones (excluding diaryl/α,β-unsaturated/α-hetero) is 1. The van der Waals surface area contributed by atoms with Crippen LogP contribution in [0.25, 0.3) is 0 Å². The summed E-state index contributed by atoms with van der Waals surface area (Å²) in [6, 6.07) is 1.65. The number of nitrogens with zero attached hydrogens (tertiary/aromatic N) is 1. The van der Waals surface area contributed by atoms with Gasteiger partial charge in [0.05, 0.1) is 11.7 Å².